The number of benzene rings is 2. The van der Waals surface area contributed by atoms with Crippen molar-refractivity contribution in [2.75, 3.05) is 11.9 Å². The van der Waals surface area contributed by atoms with Crippen LogP contribution in [0.15, 0.2) is 42.5 Å². The summed E-state index contributed by atoms with van der Waals surface area (Å²) in [4.78, 5) is 0. The molecule has 1 unspecified atom stereocenters. The highest BCUT2D eigenvalue weighted by Crippen LogP contribution is 2.33. The molecule has 2 aromatic carbocycles. The molecule has 0 aromatic heterocycles. The summed E-state index contributed by atoms with van der Waals surface area (Å²) in [5, 5.41) is 3.55. The zero-order valence-corrected chi connectivity index (χ0v) is 11.1. The Labute approximate surface area is 113 Å². The molecule has 98 valence electrons. The lowest BCUT2D eigenvalue weighted by Crippen LogP contribution is -2.22. The fourth-order valence-corrected chi connectivity index (χ4v) is 2.88. The minimum absolute atomic E-state index is 0.166. The first-order valence-electron chi connectivity index (χ1n) is 6.88. The van der Waals surface area contributed by atoms with E-state index in [-0.39, 0.29) is 5.82 Å². The lowest BCUT2D eigenvalue weighted by Gasteiger charge is -2.28. The van der Waals surface area contributed by atoms with Crippen LogP contribution < -0.4 is 5.32 Å². The topological polar surface area (TPSA) is 12.0 Å². The smallest absolute Gasteiger partial charge is 0.123 e. The minimum Gasteiger partial charge on any atom is -0.384 e. The summed E-state index contributed by atoms with van der Waals surface area (Å²) >= 11 is 0. The zero-order chi connectivity index (χ0) is 13.2. The van der Waals surface area contributed by atoms with E-state index in [9.17, 15) is 4.39 Å². The van der Waals surface area contributed by atoms with E-state index in [1.165, 1.54) is 22.4 Å². The number of hydrogen-bond donors (Lipinski definition) is 1. The highest BCUT2D eigenvalue weighted by molar-refractivity contribution is 5.60. The highest BCUT2D eigenvalue weighted by atomic mass is 19.1. The van der Waals surface area contributed by atoms with Crippen molar-refractivity contribution in [3.8, 4) is 0 Å². The monoisotopic (exact) mass is 255 g/mol. The van der Waals surface area contributed by atoms with Crippen LogP contribution in [0.1, 0.15) is 29.5 Å². The molecular weight excluding hydrogens is 237 g/mol. The van der Waals surface area contributed by atoms with E-state index in [1.54, 1.807) is 12.1 Å². The van der Waals surface area contributed by atoms with Crippen molar-refractivity contribution in [2.45, 2.75) is 25.7 Å². The summed E-state index contributed by atoms with van der Waals surface area (Å²) in [6, 6.07) is 13.4. The van der Waals surface area contributed by atoms with Crippen molar-refractivity contribution in [3.63, 3.8) is 0 Å². The third kappa shape index (κ3) is 2.35. The van der Waals surface area contributed by atoms with Crippen LogP contribution in [0.25, 0.3) is 0 Å². The Bertz CT molecular complexity index is 574. The second kappa shape index (κ2) is 5.04. The number of nitrogens with one attached hydrogen (secondary N) is 1. The third-order valence-corrected chi connectivity index (χ3v) is 3.95. The summed E-state index contributed by atoms with van der Waals surface area (Å²) < 4.78 is 13.0. The fourth-order valence-electron chi connectivity index (χ4n) is 2.88. The van der Waals surface area contributed by atoms with Gasteiger partial charge in [0.15, 0.2) is 0 Å². The number of aryl methyl sites for hydroxylation is 1. The van der Waals surface area contributed by atoms with Crippen LogP contribution in [-0.4, -0.2) is 6.54 Å². The Hall–Kier alpha value is -1.83. The van der Waals surface area contributed by atoms with Crippen molar-refractivity contribution >= 4 is 5.69 Å². The van der Waals surface area contributed by atoms with Crippen LogP contribution in [-0.2, 0) is 12.8 Å². The number of para-hydroxylation sites is 1. The van der Waals surface area contributed by atoms with Crippen LogP contribution in [0, 0.1) is 5.82 Å². The van der Waals surface area contributed by atoms with Gasteiger partial charge in [-0.25, -0.2) is 4.39 Å². The van der Waals surface area contributed by atoms with Crippen LogP contribution in [0.2, 0.25) is 0 Å². The highest BCUT2D eigenvalue weighted by Gasteiger charge is 2.20. The second-order valence-corrected chi connectivity index (χ2v) is 5.14. The first-order chi connectivity index (χ1) is 9.28. The van der Waals surface area contributed by atoms with Gasteiger partial charge in [-0.1, -0.05) is 37.3 Å². The van der Waals surface area contributed by atoms with Crippen molar-refractivity contribution in [3.05, 3.63) is 65.0 Å². The van der Waals surface area contributed by atoms with Crippen molar-refractivity contribution in [1.82, 2.24) is 0 Å². The molecule has 1 atom stereocenters. The normalized spacial score (nSPS) is 17.7. The molecule has 1 aliphatic rings. The van der Waals surface area contributed by atoms with Crippen LogP contribution in [0.4, 0.5) is 10.1 Å². The molecule has 3 rings (SSSR count). The van der Waals surface area contributed by atoms with E-state index in [4.69, 9.17) is 0 Å². The molecular formula is C17H18FN. The molecule has 0 saturated heterocycles. The number of anilines is 1. The first-order valence-corrected chi connectivity index (χ1v) is 6.88. The first kappa shape index (κ1) is 12.2. The molecule has 0 saturated carbocycles. The van der Waals surface area contributed by atoms with E-state index < -0.39 is 0 Å². The minimum atomic E-state index is -0.166. The molecule has 2 heteroatoms. The maximum atomic E-state index is 13.0. The van der Waals surface area contributed by atoms with E-state index in [1.807, 2.05) is 12.1 Å². The molecule has 0 amide bonds. The molecule has 1 nitrogen and oxygen atoms in total. The van der Waals surface area contributed by atoms with Crippen LogP contribution in [0.5, 0.6) is 0 Å². The number of halogens is 1. The molecule has 0 bridgehead atoms. The molecule has 0 aliphatic carbocycles. The van der Waals surface area contributed by atoms with Gasteiger partial charge in [0.25, 0.3) is 0 Å². The van der Waals surface area contributed by atoms with Gasteiger partial charge in [0.2, 0.25) is 0 Å². The van der Waals surface area contributed by atoms with Gasteiger partial charge in [-0.05, 0) is 41.7 Å². The number of rotatable bonds is 2. The fraction of sp³-hybridized carbons (Fsp3) is 0.294. The molecule has 0 fully saturated rings. The van der Waals surface area contributed by atoms with Crippen molar-refractivity contribution < 1.29 is 4.39 Å². The molecule has 0 spiro atoms. The molecule has 1 heterocycles. The van der Waals surface area contributed by atoms with Gasteiger partial charge in [0, 0.05) is 18.2 Å². The maximum absolute atomic E-state index is 13.0. The van der Waals surface area contributed by atoms with E-state index in [0.29, 0.717) is 5.92 Å². The van der Waals surface area contributed by atoms with Gasteiger partial charge in [-0.3, -0.25) is 0 Å². The summed E-state index contributed by atoms with van der Waals surface area (Å²) in [7, 11) is 0. The third-order valence-electron chi connectivity index (χ3n) is 3.95. The average Bonchev–Trinajstić information content (AvgIpc) is 2.47. The van der Waals surface area contributed by atoms with Gasteiger partial charge in [-0.2, -0.15) is 0 Å². The number of fused-ring (bicyclic) bond motifs is 1. The van der Waals surface area contributed by atoms with Crippen LogP contribution >= 0.6 is 0 Å². The summed E-state index contributed by atoms with van der Waals surface area (Å²) in [6.45, 7) is 3.11. The predicted molar refractivity (Wildman–Crippen MR) is 77.2 cm³/mol. The Morgan fingerprint density at radius 2 is 1.95 bits per heavy atom. The quantitative estimate of drug-likeness (QED) is 0.850. The molecule has 0 radical (unpaired) electrons. The molecule has 1 N–H and O–H groups in total. The van der Waals surface area contributed by atoms with Gasteiger partial charge in [0.1, 0.15) is 5.82 Å². The molecule has 19 heavy (non-hydrogen) atoms. The molecule has 1 aliphatic heterocycles. The van der Waals surface area contributed by atoms with Gasteiger partial charge >= 0.3 is 0 Å². The standard InChI is InChI=1S/C17H18FN/c1-2-12-4-3-5-14-10-15(11-19-17(12)14)13-6-8-16(18)9-7-13/h3-9,15,19H,2,10-11H2,1H3. The summed E-state index contributed by atoms with van der Waals surface area (Å²) in [5.74, 6) is 0.265. The van der Waals surface area contributed by atoms with E-state index in [0.717, 1.165) is 19.4 Å². The zero-order valence-electron chi connectivity index (χ0n) is 11.1. The SMILES string of the molecule is CCc1cccc2c1NCC(c1ccc(F)cc1)C2. The lowest BCUT2D eigenvalue weighted by atomic mass is 9.87. The van der Waals surface area contributed by atoms with Gasteiger partial charge in [0.05, 0.1) is 0 Å². The summed E-state index contributed by atoms with van der Waals surface area (Å²) in [6.07, 6.45) is 2.08. The average molecular weight is 255 g/mol. The van der Waals surface area contributed by atoms with E-state index >= 15 is 0 Å². The van der Waals surface area contributed by atoms with Crippen molar-refractivity contribution in [1.29, 1.82) is 0 Å². The largest absolute Gasteiger partial charge is 0.384 e. The van der Waals surface area contributed by atoms with Gasteiger partial charge < -0.3 is 5.32 Å². The second-order valence-electron chi connectivity index (χ2n) is 5.14. The number of hydrogen-bond acceptors (Lipinski definition) is 1. The predicted octanol–water partition coefficient (Wildman–Crippen LogP) is 4.14. The summed E-state index contributed by atoms with van der Waals surface area (Å²) in [5.41, 5.74) is 5.28. The Morgan fingerprint density at radius 1 is 1.16 bits per heavy atom. The van der Waals surface area contributed by atoms with Gasteiger partial charge in [-0.15, -0.1) is 0 Å². The Kier molecular flexibility index (Phi) is 3.24. The van der Waals surface area contributed by atoms with Crippen LogP contribution in [0.3, 0.4) is 0 Å². The molecule has 2 aromatic rings. The maximum Gasteiger partial charge on any atom is 0.123 e. The Morgan fingerprint density at radius 3 is 2.68 bits per heavy atom. The lowest BCUT2D eigenvalue weighted by molar-refractivity contribution is 0.623. The van der Waals surface area contributed by atoms with Crippen molar-refractivity contribution in [2.24, 2.45) is 0 Å². The Balaban J connectivity index is 1.88. The van der Waals surface area contributed by atoms with E-state index in [2.05, 4.69) is 30.4 Å².